The van der Waals surface area contributed by atoms with Crippen molar-refractivity contribution in [3.63, 3.8) is 0 Å². The molecule has 0 saturated heterocycles. The quantitative estimate of drug-likeness (QED) is 0.573. The predicted octanol–water partition coefficient (Wildman–Crippen LogP) is 2.08. The lowest BCUT2D eigenvalue weighted by atomic mass is 10.7. The summed E-state index contributed by atoms with van der Waals surface area (Å²) in [6, 6.07) is 0. The van der Waals surface area contributed by atoms with Gasteiger partial charge in [0, 0.05) is 17.4 Å². The lowest BCUT2D eigenvalue weighted by Gasteiger charge is -1.86. The molecule has 0 bridgehead atoms. The Balaban J connectivity index is 3.30. The largest absolute Gasteiger partial charge is 0.366 e. The maximum atomic E-state index is 5.45. The number of hydrogen-bond donors (Lipinski definition) is 2. The molecule has 0 amide bonds. The van der Waals surface area contributed by atoms with Crippen LogP contribution in [0.15, 0.2) is 22.8 Å². The van der Waals surface area contributed by atoms with Crippen molar-refractivity contribution in [2.45, 2.75) is 6.92 Å². The van der Waals surface area contributed by atoms with Crippen LogP contribution < -0.4 is 5.32 Å². The summed E-state index contributed by atoms with van der Waals surface area (Å²) in [5.41, 5.74) is 0. The zero-order valence-electron chi connectivity index (χ0n) is 4.56. The fraction of sp³-hybridized carbons (Fsp3) is 0.200. The standard InChI is InChI=1S/C5H8ClNS/c1-5(6)4-7-2-3-8/h2-4,7-8H,1H3/b3-2-,5-4+. The van der Waals surface area contributed by atoms with Crippen molar-refractivity contribution >= 4 is 24.2 Å². The van der Waals surface area contributed by atoms with Crippen LogP contribution in [0.2, 0.25) is 0 Å². The molecule has 0 aliphatic carbocycles. The summed E-state index contributed by atoms with van der Waals surface area (Å²) in [6.45, 7) is 1.79. The summed E-state index contributed by atoms with van der Waals surface area (Å²) in [4.78, 5) is 0. The van der Waals surface area contributed by atoms with Gasteiger partial charge in [0.1, 0.15) is 0 Å². The molecular formula is C5H8ClNS. The van der Waals surface area contributed by atoms with Gasteiger partial charge in [-0.05, 0) is 12.3 Å². The molecule has 0 heterocycles. The molecule has 1 N–H and O–H groups in total. The van der Waals surface area contributed by atoms with E-state index < -0.39 is 0 Å². The van der Waals surface area contributed by atoms with E-state index >= 15 is 0 Å². The Morgan fingerprint density at radius 2 is 2.38 bits per heavy atom. The van der Waals surface area contributed by atoms with E-state index in [0.29, 0.717) is 0 Å². The third-order valence-corrected chi connectivity index (χ3v) is 0.711. The lowest BCUT2D eigenvalue weighted by Crippen LogP contribution is -1.90. The highest BCUT2D eigenvalue weighted by Crippen LogP contribution is 1.93. The van der Waals surface area contributed by atoms with E-state index in [1.807, 2.05) is 0 Å². The summed E-state index contributed by atoms with van der Waals surface area (Å²) in [7, 11) is 0. The number of allylic oxidation sites excluding steroid dienone is 1. The molecule has 0 aromatic rings. The van der Waals surface area contributed by atoms with Crippen LogP contribution in [0.3, 0.4) is 0 Å². The Morgan fingerprint density at radius 3 is 2.75 bits per heavy atom. The van der Waals surface area contributed by atoms with Gasteiger partial charge in [0.25, 0.3) is 0 Å². The Kier molecular flexibility index (Phi) is 5.01. The minimum atomic E-state index is 0.719. The zero-order chi connectivity index (χ0) is 6.41. The Hall–Kier alpha value is -0.0800. The summed E-state index contributed by atoms with van der Waals surface area (Å²) in [6.07, 6.45) is 3.35. The van der Waals surface area contributed by atoms with E-state index in [9.17, 15) is 0 Å². The first-order valence-corrected chi connectivity index (χ1v) is 3.04. The van der Waals surface area contributed by atoms with Gasteiger partial charge in [-0.2, -0.15) is 0 Å². The Bertz CT molecular complexity index is 105. The second kappa shape index (κ2) is 5.06. The smallest absolute Gasteiger partial charge is 0.0309 e. The van der Waals surface area contributed by atoms with Crippen LogP contribution in [0.1, 0.15) is 6.92 Å². The van der Waals surface area contributed by atoms with Crippen molar-refractivity contribution in [2.75, 3.05) is 0 Å². The van der Waals surface area contributed by atoms with Gasteiger partial charge in [0.15, 0.2) is 0 Å². The van der Waals surface area contributed by atoms with Crippen LogP contribution >= 0.6 is 24.2 Å². The lowest BCUT2D eigenvalue weighted by molar-refractivity contribution is 1.19. The van der Waals surface area contributed by atoms with E-state index in [2.05, 4.69) is 17.9 Å². The molecular weight excluding hydrogens is 142 g/mol. The monoisotopic (exact) mass is 149 g/mol. The minimum Gasteiger partial charge on any atom is -0.366 e. The topological polar surface area (TPSA) is 12.0 Å². The van der Waals surface area contributed by atoms with Gasteiger partial charge in [0.05, 0.1) is 0 Å². The number of thiol groups is 1. The molecule has 0 fully saturated rings. The molecule has 1 nitrogen and oxygen atoms in total. The van der Waals surface area contributed by atoms with Gasteiger partial charge in [-0.3, -0.25) is 0 Å². The first-order valence-electron chi connectivity index (χ1n) is 2.15. The van der Waals surface area contributed by atoms with E-state index in [1.54, 1.807) is 24.7 Å². The highest BCUT2D eigenvalue weighted by molar-refractivity contribution is 7.83. The van der Waals surface area contributed by atoms with Crippen LogP contribution in [0, 0.1) is 0 Å². The molecule has 0 rings (SSSR count). The van der Waals surface area contributed by atoms with Crippen LogP contribution in [-0.2, 0) is 0 Å². The second-order valence-corrected chi connectivity index (χ2v) is 2.11. The average molecular weight is 150 g/mol. The van der Waals surface area contributed by atoms with E-state index in [4.69, 9.17) is 11.6 Å². The highest BCUT2D eigenvalue weighted by atomic mass is 35.5. The molecule has 0 aromatic carbocycles. The third-order valence-electron chi connectivity index (χ3n) is 0.453. The summed E-state index contributed by atoms with van der Waals surface area (Å²) in [5.74, 6) is 0. The number of nitrogens with one attached hydrogen (secondary N) is 1. The number of rotatable bonds is 2. The van der Waals surface area contributed by atoms with Crippen molar-refractivity contribution in [3.05, 3.63) is 22.8 Å². The maximum absolute atomic E-state index is 5.45. The third kappa shape index (κ3) is 5.92. The van der Waals surface area contributed by atoms with Crippen molar-refractivity contribution < 1.29 is 0 Å². The molecule has 0 atom stereocenters. The first-order chi connectivity index (χ1) is 3.77. The van der Waals surface area contributed by atoms with Crippen LogP contribution in [-0.4, -0.2) is 0 Å². The Labute approximate surface area is 59.8 Å². The molecule has 0 aliphatic rings. The van der Waals surface area contributed by atoms with Crippen LogP contribution in [0.25, 0.3) is 0 Å². The molecule has 0 aromatic heterocycles. The van der Waals surface area contributed by atoms with Gasteiger partial charge in [0.2, 0.25) is 0 Å². The molecule has 0 aliphatic heterocycles. The zero-order valence-corrected chi connectivity index (χ0v) is 6.21. The second-order valence-electron chi connectivity index (χ2n) is 1.21. The fourth-order valence-corrected chi connectivity index (χ4v) is 0.355. The molecule has 0 saturated carbocycles. The van der Waals surface area contributed by atoms with E-state index in [0.717, 1.165) is 5.03 Å². The van der Waals surface area contributed by atoms with Crippen molar-refractivity contribution in [1.29, 1.82) is 0 Å². The molecule has 0 unspecified atom stereocenters. The fourth-order valence-electron chi connectivity index (χ4n) is 0.206. The SMILES string of the molecule is C/C(Cl)=C\N/C=C\S. The predicted molar refractivity (Wildman–Crippen MR) is 40.9 cm³/mol. The average Bonchev–Trinajstić information content (AvgIpc) is 1.66. The van der Waals surface area contributed by atoms with Gasteiger partial charge in [-0.25, -0.2) is 0 Å². The van der Waals surface area contributed by atoms with Crippen molar-refractivity contribution in [2.24, 2.45) is 0 Å². The molecule has 3 heteroatoms. The Morgan fingerprint density at radius 1 is 1.75 bits per heavy atom. The van der Waals surface area contributed by atoms with Gasteiger partial charge < -0.3 is 5.32 Å². The van der Waals surface area contributed by atoms with Crippen molar-refractivity contribution in [3.8, 4) is 0 Å². The molecule has 8 heavy (non-hydrogen) atoms. The molecule has 0 radical (unpaired) electrons. The maximum Gasteiger partial charge on any atom is 0.0309 e. The van der Waals surface area contributed by atoms with E-state index in [-0.39, 0.29) is 0 Å². The first kappa shape index (κ1) is 7.92. The summed E-state index contributed by atoms with van der Waals surface area (Å²) >= 11 is 9.26. The summed E-state index contributed by atoms with van der Waals surface area (Å²) < 4.78 is 0. The van der Waals surface area contributed by atoms with Crippen molar-refractivity contribution in [1.82, 2.24) is 5.32 Å². The van der Waals surface area contributed by atoms with Gasteiger partial charge in [-0.15, -0.1) is 12.6 Å². The van der Waals surface area contributed by atoms with Crippen LogP contribution in [0.4, 0.5) is 0 Å². The normalized spacial score (nSPS) is 12.6. The molecule has 46 valence electrons. The summed E-state index contributed by atoms with van der Waals surface area (Å²) in [5, 5.41) is 5.10. The number of hydrogen-bond acceptors (Lipinski definition) is 2. The van der Waals surface area contributed by atoms with E-state index in [1.165, 1.54) is 0 Å². The van der Waals surface area contributed by atoms with Gasteiger partial charge >= 0.3 is 0 Å². The molecule has 0 spiro atoms. The minimum absolute atomic E-state index is 0.719. The highest BCUT2D eigenvalue weighted by Gasteiger charge is 1.71. The van der Waals surface area contributed by atoms with Crippen LogP contribution in [0.5, 0.6) is 0 Å². The van der Waals surface area contributed by atoms with Gasteiger partial charge in [-0.1, -0.05) is 11.6 Å². The number of halogens is 1.